The molecule has 4 heteroatoms. The first-order valence-corrected chi connectivity index (χ1v) is 7.35. The first-order chi connectivity index (χ1) is 8.57. The molecule has 104 valence electrons. The molecule has 1 saturated carbocycles. The highest BCUT2D eigenvalue weighted by Gasteiger charge is 2.42. The molecule has 0 aromatic carbocycles. The Bertz CT molecular complexity index is 308. The molecular weight excluding hydrogens is 228 g/mol. The third-order valence-electron chi connectivity index (χ3n) is 4.80. The number of carbonyl (C=O) groups is 1. The van der Waals surface area contributed by atoms with Crippen LogP contribution < -0.4 is 5.73 Å². The van der Waals surface area contributed by atoms with Crippen molar-refractivity contribution < 1.29 is 9.90 Å². The van der Waals surface area contributed by atoms with Gasteiger partial charge >= 0.3 is 5.97 Å². The van der Waals surface area contributed by atoms with Gasteiger partial charge in [0, 0.05) is 12.1 Å². The molecule has 0 aromatic rings. The van der Waals surface area contributed by atoms with Crippen LogP contribution in [0, 0.1) is 0 Å². The second-order valence-electron chi connectivity index (χ2n) is 6.01. The predicted octanol–water partition coefficient (Wildman–Crippen LogP) is 1.98. The summed E-state index contributed by atoms with van der Waals surface area (Å²) in [7, 11) is 0. The molecule has 2 fully saturated rings. The Kier molecular flexibility index (Phi) is 4.28. The van der Waals surface area contributed by atoms with Crippen LogP contribution >= 0.6 is 0 Å². The molecule has 0 radical (unpaired) electrons. The number of nitrogens with two attached hydrogens (primary N) is 1. The monoisotopic (exact) mass is 254 g/mol. The second-order valence-corrected chi connectivity index (χ2v) is 6.01. The minimum Gasteiger partial charge on any atom is -0.480 e. The lowest BCUT2D eigenvalue weighted by Crippen LogP contribution is -2.57. The van der Waals surface area contributed by atoms with Gasteiger partial charge in [-0.3, -0.25) is 9.69 Å². The Hall–Kier alpha value is -0.610. The number of likely N-dealkylation sites (tertiary alicyclic amines) is 1. The average Bonchev–Trinajstić information content (AvgIpc) is 2.38. The molecule has 0 bridgehead atoms. The summed E-state index contributed by atoms with van der Waals surface area (Å²) in [6, 6.07) is 1.02. The van der Waals surface area contributed by atoms with E-state index in [1.54, 1.807) is 0 Å². The maximum atomic E-state index is 11.3. The zero-order valence-electron chi connectivity index (χ0n) is 11.4. The van der Waals surface area contributed by atoms with Gasteiger partial charge in [-0.15, -0.1) is 0 Å². The predicted molar refractivity (Wildman–Crippen MR) is 71.4 cm³/mol. The molecule has 1 saturated heterocycles. The van der Waals surface area contributed by atoms with Gasteiger partial charge in [-0.2, -0.15) is 0 Å². The largest absolute Gasteiger partial charge is 0.480 e. The van der Waals surface area contributed by atoms with Crippen molar-refractivity contribution in [1.82, 2.24) is 4.90 Å². The number of hydrogen-bond donors (Lipinski definition) is 2. The third kappa shape index (κ3) is 2.69. The Morgan fingerprint density at radius 3 is 2.83 bits per heavy atom. The van der Waals surface area contributed by atoms with Crippen LogP contribution in [0.5, 0.6) is 0 Å². The topological polar surface area (TPSA) is 66.6 Å². The Labute approximate surface area is 110 Å². The zero-order chi connectivity index (χ0) is 13.2. The molecule has 2 rings (SSSR count). The van der Waals surface area contributed by atoms with Gasteiger partial charge in [0.2, 0.25) is 0 Å². The van der Waals surface area contributed by atoms with Gasteiger partial charge in [-0.25, -0.2) is 0 Å². The van der Waals surface area contributed by atoms with E-state index in [1.165, 1.54) is 25.7 Å². The second kappa shape index (κ2) is 5.57. The van der Waals surface area contributed by atoms with Gasteiger partial charge in [0.25, 0.3) is 0 Å². The van der Waals surface area contributed by atoms with Crippen LogP contribution in [0.25, 0.3) is 0 Å². The average molecular weight is 254 g/mol. The molecule has 4 nitrogen and oxygen atoms in total. The summed E-state index contributed by atoms with van der Waals surface area (Å²) in [5, 5.41) is 9.29. The minimum atomic E-state index is -0.987. The molecule has 3 unspecified atom stereocenters. The lowest BCUT2D eigenvalue weighted by Gasteiger charge is -2.46. The smallest absolute Gasteiger partial charge is 0.323 e. The van der Waals surface area contributed by atoms with E-state index < -0.39 is 11.5 Å². The Morgan fingerprint density at radius 2 is 2.17 bits per heavy atom. The molecule has 0 amide bonds. The van der Waals surface area contributed by atoms with Crippen LogP contribution in [-0.2, 0) is 4.79 Å². The lowest BCUT2D eigenvalue weighted by molar-refractivity contribution is -0.145. The molecule has 1 aliphatic carbocycles. The van der Waals surface area contributed by atoms with Crippen LogP contribution in [-0.4, -0.2) is 40.1 Å². The number of hydrogen-bond acceptors (Lipinski definition) is 3. The summed E-state index contributed by atoms with van der Waals surface area (Å²) in [6.45, 7) is 3.36. The summed E-state index contributed by atoms with van der Waals surface area (Å²) < 4.78 is 0. The first-order valence-electron chi connectivity index (χ1n) is 7.35. The van der Waals surface area contributed by atoms with Crippen molar-refractivity contribution in [2.24, 2.45) is 5.73 Å². The van der Waals surface area contributed by atoms with Crippen molar-refractivity contribution >= 4 is 5.97 Å². The van der Waals surface area contributed by atoms with Crippen molar-refractivity contribution in [1.29, 1.82) is 0 Å². The molecule has 1 heterocycles. The molecule has 3 atom stereocenters. The minimum absolute atomic E-state index is 0.380. The summed E-state index contributed by atoms with van der Waals surface area (Å²) in [6.07, 6.45) is 8.30. The van der Waals surface area contributed by atoms with Gasteiger partial charge in [-0.05, 0) is 51.5 Å². The summed E-state index contributed by atoms with van der Waals surface area (Å²) in [5.41, 5.74) is 5.07. The standard InChI is InChI=1S/C14H26N2O2/c1-2-11-6-3-4-9-16(11)12-7-5-8-14(15,10-12)13(17)18/h11-12H,2-10,15H2,1H3,(H,17,18). The number of carboxylic acids is 1. The fourth-order valence-electron chi connectivity index (χ4n) is 3.70. The van der Waals surface area contributed by atoms with E-state index in [0.29, 0.717) is 24.9 Å². The molecule has 18 heavy (non-hydrogen) atoms. The van der Waals surface area contributed by atoms with E-state index in [4.69, 9.17) is 5.73 Å². The molecule has 3 N–H and O–H groups in total. The van der Waals surface area contributed by atoms with E-state index in [-0.39, 0.29) is 0 Å². The molecule has 0 spiro atoms. The molecule has 1 aliphatic heterocycles. The highest BCUT2D eigenvalue weighted by molar-refractivity contribution is 5.78. The number of carboxylic acid groups (broad SMARTS) is 1. The van der Waals surface area contributed by atoms with E-state index >= 15 is 0 Å². The van der Waals surface area contributed by atoms with Crippen molar-refractivity contribution in [3.63, 3.8) is 0 Å². The zero-order valence-corrected chi connectivity index (χ0v) is 11.4. The molecule has 0 aromatic heterocycles. The number of piperidine rings is 1. The lowest BCUT2D eigenvalue weighted by atomic mass is 9.78. The first kappa shape index (κ1) is 13.8. The van der Waals surface area contributed by atoms with Gasteiger partial charge in [0.1, 0.15) is 5.54 Å². The van der Waals surface area contributed by atoms with Crippen LogP contribution in [0.1, 0.15) is 58.3 Å². The number of rotatable bonds is 3. The van der Waals surface area contributed by atoms with Crippen LogP contribution in [0.2, 0.25) is 0 Å². The van der Waals surface area contributed by atoms with E-state index in [9.17, 15) is 9.90 Å². The van der Waals surface area contributed by atoms with Crippen LogP contribution in [0.3, 0.4) is 0 Å². The SMILES string of the molecule is CCC1CCCCN1C1CCCC(N)(C(=O)O)C1. The third-order valence-corrected chi connectivity index (χ3v) is 4.80. The van der Waals surface area contributed by atoms with Crippen molar-refractivity contribution in [2.45, 2.75) is 75.9 Å². The van der Waals surface area contributed by atoms with Crippen molar-refractivity contribution in [2.75, 3.05) is 6.54 Å². The normalized spacial score (nSPS) is 38.6. The summed E-state index contributed by atoms with van der Waals surface area (Å²) in [5.74, 6) is -0.822. The molecular formula is C14H26N2O2. The summed E-state index contributed by atoms with van der Waals surface area (Å²) >= 11 is 0. The van der Waals surface area contributed by atoms with E-state index in [0.717, 1.165) is 19.4 Å². The highest BCUT2D eigenvalue weighted by atomic mass is 16.4. The quantitative estimate of drug-likeness (QED) is 0.808. The fourth-order valence-corrected chi connectivity index (χ4v) is 3.70. The van der Waals surface area contributed by atoms with Gasteiger partial charge in [0.05, 0.1) is 0 Å². The number of aliphatic carboxylic acids is 1. The Morgan fingerprint density at radius 1 is 1.39 bits per heavy atom. The summed E-state index contributed by atoms with van der Waals surface area (Å²) in [4.78, 5) is 13.9. The van der Waals surface area contributed by atoms with Gasteiger partial charge in [0.15, 0.2) is 0 Å². The van der Waals surface area contributed by atoms with Crippen molar-refractivity contribution in [3.05, 3.63) is 0 Å². The maximum absolute atomic E-state index is 11.3. The molecule has 2 aliphatic rings. The fraction of sp³-hybridized carbons (Fsp3) is 0.929. The van der Waals surface area contributed by atoms with Gasteiger partial charge in [-0.1, -0.05) is 13.3 Å². The van der Waals surface area contributed by atoms with Crippen LogP contribution in [0.15, 0.2) is 0 Å². The Balaban J connectivity index is 2.05. The van der Waals surface area contributed by atoms with Gasteiger partial charge < -0.3 is 10.8 Å². The van der Waals surface area contributed by atoms with E-state index in [2.05, 4.69) is 11.8 Å². The van der Waals surface area contributed by atoms with Crippen molar-refractivity contribution in [3.8, 4) is 0 Å². The highest BCUT2D eigenvalue weighted by Crippen LogP contribution is 2.33. The maximum Gasteiger partial charge on any atom is 0.323 e. The number of nitrogens with zero attached hydrogens (tertiary/aromatic N) is 1. The van der Waals surface area contributed by atoms with E-state index in [1.807, 2.05) is 0 Å². The van der Waals surface area contributed by atoms with Crippen LogP contribution in [0.4, 0.5) is 0 Å².